The van der Waals surface area contributed by atoms with E-state index in [1.165, 1.54) is 18.2 Å². The highest BCUT2D eigenvalue weighted by molar-refractivity contribution is 9.11. The zero-order chi connectivity index (χ0) is 12.4. The van der Waals surface area contributed by atoms with Gasteiger partial charge >= 0.3 is 0 Å². The first-order chi connectivity index (χ1) is 8.06. The second-order valence-electron chi connectivity index (χ2n) is 3.50. The average molecular weight is 358 g/mol. The number of rotatable bonds is 2. The Labute approximate surface area is 115 Å². The van der Waals surface area contributed by atoms with Gasteiger partial charge in [-0.25, -0.2) is 4.39 Å². The number of hydrogen-bond acceptors (Lipinski definition) is 1. The highest BCUT2D eigenvalue weighted by Gasteiger charge is 2.11. The molecule has 2 rings (SSSR count). The van der Waals surface area contributed by atoms with Gasteiger partial charge in [0.1, 0.15) is 5.82 Å². The van der Waals surface area contributed by atoms with Crippen LogP contribution in [0.25, 0.3) is 0 Å². The predicted octanol–water partition coefficient (Wildman–Crippen LogP) is 4.58. The maximum absolute atomic E-state index is 13.0. The van der Waals surface area contributed by atoms with Crippen LogP contribution in [0.3, 0.4) is 0 Å². The molecule has 0 bridgehead atoms. The van der Waals surface area contributed by atoms with E-state index in [1.54, 1.807) is 18.2 Å². The molecule has 2 aromatic carbocycles. The van der Waals surface area contributed by atoms with Crippen molar-refractivity contribution in [1.29, 1.82) is 0 Å². The van der Waals surface area contributed by atoms with Gasteiger partial charge in [-0.1, -0.05) is 44.0 Å². The Hall–Kier alpha value is -1.000. The lowest BCUT2D eigenvalue weighted by molar-refractivity contribution is 0.103. The molecule has 4 heteroatoms. The van der Waals surface area contributed by atoms with E-state index in [2.05, 4.69) is 31.9 Å². The van der Waals surface area contributed by atoms with E-state index in [1.807, 2.05) is 6.07 Å². The fourth-order valence-electron chi connectivity index (χ4n) is 1.48. The van der Waals surface area contributed by atoms with Crippen LogP contribution in [-0.2, 0) is 0 Å². The van der Waals surface area contributed by atoms with Crippen molar-refractivity contribution in [1.82, 2.24) is 0 Å². The molecule has 0 N–H and O–H groups in total. The Morgan fingerprint density at radius 1 is 0.941 bits per heavy atom. The summed E-state index contributed by atoms with van der Waals surface area (Å²) in [6.45, 7) is 0. The summed E-state index contributed by atoms with van der Waals surface area (Å²) in [5.74, 6) is -0.614. The molecule has 0 aromatic heterocycles. The van der Waals surface area contributed by atoms with Crippen molar-refractivity contribution >= 4 is 37.6 Å². The number of ketones is 1. The van der Waals surface area contributed by atoms with Crippen LogP contribution >= 0.6 is 31.9 Å². The Kier molecular flexibility index (Phi) is 3.74. The molecule has 0 radical (unpaired) electrons. The summed E-state index contributed by atoms with van der Waals surface area (Å²) in [4.78, 5) is 12.1. The van der Waals surface area contributed by atoms with E-state index in [9.17, 15) is 9.18 Å². The molecule has 0 fully saturated rings. The van der Waals surface area contributed by atoms with Gasteiger partial charge in [0.25, 0.3) is 0 Å². The fraction of sp³-hybridized carbons (Fsp3) is 0. The van der Waals surface area contributed by atoms with Crippen LogP contribution in [0.5, 0.6) is 0 Å². The molecule has 0 saturated carbocycles. The molecule has 0 spiro atoms. The van der Waals surface area contributed by atoms with Crippen LogP contribution in [0.1, 0.15) is 15.9 Å². The smallest absolute Gasteiger partial charge is 0.193 e. The summed E-state index contributed by atoms with van der Waals surface area (Å²) in [6.07, 6.45) is 0. The maximum atomic E-state index is 13.0. The average Bonchev–Trinajstić information content (AvgIpc) is 2.26. The van der Waals surface area contributed by atoms with Crippen molar-refractivity contribution in [3.63, 3.8) is 0 Å². The Morgan fingerprint density at radius 3 is 2.18 bits per heavy atom. The van der Waals surface area contributed by atoms with Crippen LogP contribution in [0.2, 0.25) is 0 Å². The summed E-state index contributed by atoms with van der Waals surface area (Å²) in [6, 6.07) is 10.9. The molecule has 0 atom stereocenters. The first-order valence-corrected chi connectivity index (χ1v) is 6.41. The van der Waals surface area contributed by atoms with Crippen LogP contribution in [-0.4, -0.2) is 5.78 Å². The molecule has 0 saturated heterocycles. The maximum Gasteiger partial charge on any atom is 0.193 e. The molecule has 1 nitrogen and oxygen atoms in total. The zero-order valence-corrected chi connectivity index (χ0v) is 11.8. The van der Waals surface area contributed by atoms with Crippen molar-refractivity contribution < 1.29 is 9.18 Å². The zero-order valence-electron chi connectivity index (χ0n) is 8.58. The summed E-state index contributed by atoms with van der Waals surface area (Å²) in [5, 5.41) is 0. The van der Waals surface area contributed by atoms with Crippen LogP contribution in [0.4, 0.5) is 4.39 Å². The van der Waals surface area contributed by atoms with E-state index in [-0.39, 0.29) is 5.78 Å². The van der Waals surface area contributed by atoms with Crippen molar-refractivity contribution in [2.24, 2.45) is 0 Å². The standard InChI is InChI=1S/C13H7Br2FO/c14-10-4-9(5-11(15)7-10)13(17)8-2-1-3-12(16)6-8/h1-7H. The van der Waals surface area contributed by atoms with Gasteiger partial charge in [0.2, 0.25) is 0 Å². The minimum atomic E-state index is -0.412. The Balaban J connectivity index is 2.43. The molecule has 86 valence electrons. The van der Waals surface area contributed by atoms with Gasteiger partial charge in [0.05, 0.1) is 0 Å². The Bertz CT molecular complexity index is 561. The Morgan fingerprint density at radius 2 is 1.59 bits per heavy atom. The van der Waals surface area contributed by atoms with E-state index >= 15 is 0 Å². The summed E-state index contributed by atoms with van der Waals surface area (Å²) in [5.41, 5.74) is 0.854. The first-order valence-electron chi connectivity index (χ1n) is 4.82. The van der Waals surface area contributed by atoms with Gasteiger partial charge < -0.3 is 0 Å². The molecular formula is C13H7Br2FO. The van der Waals surface area contributed by atoms with Crippen LogP contribution in [0, 0.1) is 5.82 Å². The molecular weight excluding hydrogens is 351 g/mol. The quantitative estimate of drug-likeness (QED) is 0.719. The number of hydrogen-bond donors (Lipinski definition) is 0. The molecule has 0 heterocycles. The third-order valence-electron chi connectivity index (χ3n) is 2.21. The molecule has 0 unspecified atom stereocenters. The highest BCUT2D eigenvalue weighted by Crippen LogP contribution is 2.22. The van der Waals surface area contributed by atoms with E-state index in [0.29, 0.717) is 11.1 Å². The lowest BCUT2D eigenvalue weighted by Gasteiger charge is -2.03. The summed E-state index contributed by atoms with van der Waals surface area (Å²) < 4.78 is 14.6. The van der Waals surface area contributed by atoms with E-state index in [0.717, 1.165) is 8.95 Å². The summed E-state index contributed by atoms with van der Waals surface area (Å²) >= 11 is 6.62. The van der Waals surface area contributed by atoms with Crippen LogP contribution in [0.15, 0.2) is 51.4 Å². The number of carbonyl (C=O) groups excluding carboxylic acids is 1. The molecule has 0 amide bonds. The van der Waals surface area contributed by atoms with Gasteiger partial charge in [-0.2, -0.15) is 0 Å². The second kappa shape index (κ2) is 5.10. The van der Waals surface area contributed by atoms with E-state index < -0.39 is 5.82 Å². The van der Waals surface area contributed by atoms with Gasteiger partial charge in [0.15, 0.2) is 5.78 Å². The van der Waals surface area contributed by atoms with Gasteiger partial charge in [0, 0.05) is 20.1 Å². The summed E-state index contributed by atoms with van der Waals surface area (Å²) in [7, 11) is 0. The van der Waals surface area contributed by atoms with Crippen molar-refractivity contribution in [2.45, 2.75) is 0 Å². The number of benzene rings is 2. The third kappa shape index (κ3) is 3.01. The largest absolute Gasteiger partial charge is 0.289 e. The SMILES string of the molecule is O=C(c1cccc(F)c1)c1cc(Br)cc(Br)c1. The van der Waals surface area contributed by atoms with Crippen molar-refractivity contribution in [3.05, 3.63) is 68.4 Å². The van der Waals surface area contributed by atoms with Gasteiger partial charge in [-0.3, -0.25) is 4.79 Å². The second-order valence-corrected chi connectivity index (χ2v) is 5.33. The predicted molar refractivity (Wildman–Crippen MR) is 71.7 cm³/mol. The fourth-order valence-corrected chi connectivity index (χ4v) is 2.78. The normalized spacial score (nSPS) is 10.3. The van der Waals surface area contributed by atoms with Gasteiger partial charge in [-0.15, -0.1) is 0 Å². The van der Waals surface area contributed by atoms with E-state index in [4.69, 9.17) is 0 Å². The number of carbonyl (C=O) groups is 1. The van der Waals surface area contributed by atoms with Crippen molar-refractivity contribution in [3.8, 4) is 0 Å². The molecule has 2 aromatic rings. The van der Waals surface area contributed by atoms with Gasteiger partial charge in [-0.05, 0) is 30.3 Å². The van der Waals surface area contributed by atoms with Crippen molar-refractivity contribution in [2.75, 3.05) is 0 Å². The topological polar surface area (TPSA) is 17.1 Å². The molecule has 17 heavy (non-hydrogen) atoms. The lowest BCUT2D eigenvalue weighted by Crippen LogP contribution is -2.01. The lowest BCUT2D eigenvalue weighted by atomic mass is 10.0. The molecule has 0 aliphatic rings. The minimum absolute atomic E-state index is 0.202. The first kappa shape index (κ1) is 12.5. The highest BCUT2D eigenvalue weighted by atomic mass is 79.9. The number of halogens is 3. The van der Waals surface area contributed by atoms with Crippen LogP contribution < -0.4 is 0 Å². The monoisotopic (exact) mass is 356 g/mol. The minimum Gasteiger partial charge on any atom is -0.289 e. The molecule has 0 aliphatic heterocycles. The molecule has 0 aliphatic carbocycles. The third-order valence-corrected chi connectivity index (χ3v) is 3.13.